The lowest BCUT2D eigenvalue weighted by molar-refractivity contribution is 0.0217. The van der Waals surface area contributed by atoms with Crippen molar-refractivity contribution in [3.63, 3.8) is 0 Å². The lowest BCUT2D eigenvalue weighted by atomic mass is 10.1. The normalized spacial score (nSPS) is 16.8. The molecule has 1 aliphatic heterocycles. The molecule has 1 fully saturated rings. The first-order valence-electron chi connectivity index (χ1n) is 7.82. The van der Waals surface area contributed by atoms with Crippen molar-refractivity contribution in [1.82, 2.24) is 4.90 Å². The summed E-state index contributed by atoms with van der Waals surface area (Å²) in [5, 5.41) is -0.626. The first-order valence-corrected chi connectivity index (χ1v) is 9.36. The van der Waals surface area contributed by atoms with Gasteiger partial charge in [0.2, 0.25) is 10.0 Å². The zero-order chi connectivity index (χ0) is 18.0. The maximum atomic E-state index is 13.2. The SMILES string of the molecule is CC(C)(C)OC(=O)N1CCC(S(=O)(=O)Nc2cccc(F)c2)CC1. The lowest BCUT2D eigenvalue weighted by Gasteiger charge is -2.33. The fraction of sp³-hybridized carbons (Fsp3) is 0.562. The summed E-state index contributed by atoms with van der Waals surface area (Å²) in [4.78, 5) is 13.5. The molecule has 1 heterocycles. The molecule has 0 unspecified atom stereocenters. The van der Waals surface area contributed by atoms with Crippen LogP contribution in [0.2, 0.25) is 0 Å². The highest BCUT2D eigenvalue weighted by Gasteiger charge is 2.33. The van der Waals surface area contributed by atoms with Crippen LogP contribution in [0.3, 0.4) is 0 Å². The topological polar surface area (TPSA) is 75.7 Å². The highest BCUT2D eigenvalue weighted by molar-refractivity contribution is 7.93. The number of likely N-dealkylation sites (tertiary alicyclic amines) is 1. The predicted molar refractivity (Wildman–Crippen MR) is 89.8 cm³/mol. The summed E-state index contributed by atoms with van der Waals surface area (Å²) in [5.41, 5.74) is -0.386. The number of ether oxygens (including phenoxy) is 1. The fourth-order valence-corrected chi connectivity index (χ4v) is 3.93. The van der Waals surface area contributed by atoms with Crippen LogP contribution < -0.4 is 4.72 Å². The van der Waals surface area contributed by atoms with E-state index in [1.54, 1.807) is 20.8 Å². The van der Waals surface area contributed by atoms with Gasteiger partial charge in [0.25, 0.3) is 0 Å². The number of hydrogen-bond acceptors (Lipinski definition) is 4. The number of rotatable bonds is 3. The van der Waals surface area contributed by atoms with Crippen molar-refractivity contribution < 1.29 is 22.3 Å². The number of carbonyl (C=O) groups excluding carboxylic acids is 1. The monoisotopic (exact) mass is 358 g/mol. The molecule has 0 radical (unpaired) electrons. The standard InChI is InChI=1S/C16H23FN2O4S/c1-16(2,3)23-15(20)19-9-7-14(8-10-19)24(21,22)18-13-6-4-5-12(17)11-13/h4-6,11,14,18H,7-10H2,1-3H3. The van der Waals surface area contributed by atoms with Crippen molar-refractivity contribution in [3.05, 3.63) is 30.1 Å². The van der Waals surface area contributed by atoms with Crippen LogP contribution in [0, 0.1) is 5.82 Å². The van der Waals surface area contributed by atoms with Gasteiger partial charge in [-0.3, -0.25) is 4.72 Å². The molecule has 2 rings (SSSR count). The molecule has 1 aromatic rings. The Balaban J connectivity index is 1.94. The molecule has 0 spiro atoms. The third kappa shape index (κ3) is 5.09. The van der Waals surface area contributed by atoms with Gasteiger partial charge in [-0.1, -0.05) is 6.07 Å². The van der Waals surface area contributed by atoms with Gasteiger partial charge in [0.15, 0.2) is 0 Å². The van der Waals surface area contributed by atoms with Crippen LogP contribution in [-0.2, 0) is 14.8 Å². The van der Waals surface area contributed by atoms with E-state index in [2.05, 4.69) is 4.72 Å². The molecule has 134 valence electrons. The number of amides is 1. The number of hydrogen-bond donors (Lipinski definition) is 1. The summed E-state index contributed by atoms with van der Waals surface area (Å²) >= 11 is 0. The molecular weight excluding hydrogens is 335 g/mol. The second kappa shape index (κ2) is 6.96. The Morgan fingerprint density at radius 2 is 1.92 bits per heavy atom. The Bertz CT molecular complexity index is 692. The number of benzene rings is 1. The minimum Gasteiger partial charge on any atom is -0.444 e. The van der Waals surface area contributed by atoms with Gasteiger partial charge in [-0.05, 0) is 51.8 Å². The van der Waals surface area contributed by atoms with Crippen LogP contribution in [-0.4, -0.2) is 43.4 Å². The van der Waals surface area contributed by atoms with Crippen molar-refractivity contribution in [2.24, 2.45) is 0 Å². The summed E-state index contributed by atoms with van der Waals surface area (Å²) < 4.78 is 45.7. The van der Waals surface area contributed by atoms with Crippen molar-refractivity contribution in [2.45, 2.75) is 44.5 Å². The highest BCUT2D eigenvalue weighted by Crippen LogP contribution is 2.22. The summed E-state index contributed by atoms with van der Waals surface area (Å²) in [5.74, 6) is -0.505. The summed E-state index contributed by atoms with van der Waals surface area (Å²) in [6.07, 6.45) is 0.185. The van der Waals surface area contributed by atoms with Gasteiger partial charge >= 0.3 is 6.09 Å². The number of nitrogens with zero attached hydrogens (tertiary/aromatic N) is 1. The van der Waals surface area contributed by atoms with E-state index in [-0.39, 0.29) is 5.69 Å². The Morgan fingerprint density at radius 3 is 2.46 bits per heavy atom. The molecule has 0 aliphatic carbocycles. The van der Waals surface area contributed by atoms with E-state index in [0.29, 0.717) is 25.9 Å². The summed E-state index contributed by atoms with van der Waals surface area (Å²) in [6, 6.07) is 5.32. The van der Waals surface area contributed by atoms with Crippen LogP contribution in [0.5, 0.6) is 0 Å². The average Bonchev–Trinajstić information content (AvgIpc) is 2.45. The maximum Gasteiger partial charge on any atom is 0.410 e. The molecule has 1 saturated heterocycles. The number of halogens is 1. The third-order valence-electron chi connectivity index (χ3n) is 3.62. The molecule has 24 heavy (non-hydrogen) atoms. The number of nitrogens with one attached hydrogen (secondary N) is 1. The van der Waals surface area contributed by atoms with E-state index in [4.69, 9.17) is 4.74 Å². The molecule has 1 N–H and O–H groups in total. The van der Waals surface area contributed by atoms with Gasteiger partial charge in [0.05, 0.1) is 10.9 Å². The summed E-state index contributed by atoms with van der Waals surface area (Å²) in [6.45, 7) is 5.97. The van der Waals surface area contributed by atoms with Gasteiger partial charge in [-0.2, -0.15) is 0 Å². The van der Waals surface area contributed by atoms with Crippen molar-refractivity contribution >= 4 is 21.8 Å². The molecule has 1 aromatic carbocycles. The number of sulfonamides is 1. The van der Waals surface area contributed by atoms with Gasteiger partial charge in [0, 0.05) is 13.1 Å². The molecule has 6 nitrogen and oxygen atoms in total. The molecule has 1 aliphatic rings. The van der Waals surface area contributed by atoms with E-state index in [1.165, 1.54) is 23.1 Å². The molecule has 8 heteroatoms. The van der Waals surface area contributed by atoms with Crippen molar-refractivity contribution in [2.75, 3.05) is 17.8 Å². The first kappa shape index (κ1) is 18.5. The molecular formula is C16H23FN2O4S. The second-order valence-electron chi connectivity index (χ2n) is 6.82. The number of piperidine rings is 1. The van der Waals surface area contributed by atoms with E-state index < -0.39 is 32.8 Å². The third-order valence-corrected chi connectivity index (χ3v) is 5.49. The molecule has 0 atom stereocenters. The molecule has 1 amide bonds. The van der Waals surface area contributed by atoms with Crippen LogP contribution in [0.4, 0.5) is 14.9 Å². The molecule has 0 saturated carbocycles. The van der Waals surface area contributed by atoms with Crippen molar-refractivity contribution in [3.8, 4) is 0 Å². The molecule has 0 bridgehead atoms. The van der Waals surface area contributed by atoms with Gasteiger partial charge < -0.3 is 9.64 Å². The summed E-state index contributed by atoms with van der Waals surface area (Å²) in [7, 11) is -3.63. The molecule has 0 aromatic heterocycles. The zero-order valence-corrected chi connectivity index (χ0v) is 14.9. The number of carbonyl (C=O) groups is 1. The maximum absolute atomic E-state index is 13.2. The highest BCUT2D eigenvalue weighted by atomic mass is 32.2. The lowest BCUT2D eigenvalue weighted by Crippen LogP contribution is -2.45. The smallest absolute Gasteiger partial charge is 0.410 e. The van der Waals surface area contributed by atoms with Crippen LogP contribution in [0.25, 0.3) is 0 Å². The Labute approximate surface area is 142 Å². The van der Waals surface area contributed by atoms with Gasteiger partial charge in [-0.25, -0.2) is 17.6 Å². The Morgan fingerprint density at radius 1 is 1.29 bits per heavy atom. The van der Waals surface area contributed by atoms with E-state index in [0.717, 1.165) is 6.07 Å². The van der Waals surface area contributed by atoms with Gasteiger partial charge in [0.1, 0.15) is 11.4 Å². The predicted octanol–water partition coefficient (Wildman–Crippen LogP) is 2.97. The Hall–Kier alpha value is -1.83. The fourth-order valence-electron chi connectivity index (χ4n) is 2.47. The first-order chi connectivity index (χ1) is 11.1. The minimum atomic E-state index is -3.63. The van der Waals surface area contributed by atoms with E-state index >= 15 is 0 Å². The largest absolute Gasteiger partial charge is 0.444 e. The average molecular weight is 358 g/mol. The van der Waals surface area contributed by atoms with Crippen molar-refractivity contribution in [1.29, 1.82) is 0 Å². The quantitative estimate of drug-likeness (QED) is 0.901. The van der Waals surface area contributed by atoms with E-state index in [9.17, 15) is 17.6 Å². The van der Waals surface area contributed by atoms with Gasteiger partial charge in [-0.15, -0.1) is 0 Å². The van der Waals surface area contributed by atoms with Crippen LogP contribution in [0.1, 0.15) is 33.6 Å². The minimum absolute atomic E-state index is 0.199. The van der Waals surface area contributed by atoms with Crippen LogP contribution in [0.15, 0.2) is 24.3 Å². The van der Waals surface area contributed by atoms with E-state index in [1.807, 2.05) is 0 Å². The second-order valence-corrected chi connectivity index (χ2v) is 8.78. The number of anilines is 1. The Kier molecular flexibility index (Phi) is 5.37. The van der Waals surface area contributed by atoms with Crippen LogP contribution >= 0.6 is 0 Å². The zero-order valence-electron chi connectivity index (χ0n) is 14.1.